The van der Waals surface area contributed by atoms with E-state index in [2.05, 4.69) is 5.32 Å². The van der Waals surface area contributed by atoms with Crippen LogP contribution in [0.25, 0.3) is 0 Å². The van der Waals surface area contributed by atoms with Crippen molar-refractivity contribution in [2.75, 3.05) is 11.5 Å². The van der Waals surface area contributed by atoms with Gasteiger partial charge in [-0.1, -0.05) is 29.8 Å². The maximum atomic E-state index is 12.4. The van der Waals surface area contributed by atoms with Crippen LogP contribution in [0, 0.1) is 6.92 Å². The van der Waals surface area contributed by atoms with Crippen LogP contribution in [0.1, 0.15) is 30.6 Å². The minimum Gasteiger partial charge on any atom is -0.318 e. The lowest BCUT2D eigenvalue weighted by atomic mass is 10.1. The van der Waals surface area contributed by atoms with Crippen LogP contribution in [0.15, 0.2) is 24.3 Å². The molecule has 3 unspecified atom stereocenters. The Morgan fingerprint density at radius 1 is 1.24 bits per heavy atom. The van der Waals surface area contributed by atoms with Gasteiger partial charge in [-0.25, -0.2) is 8.42 Å². The van der Waals surface area contributed by atoms with Crippen LogP contribution in [0.2, 0.25) is 0 Å². The molecule has 2 heterocycles. The van der Waals surface area contributed by atoms with Gasteiger partial charge in [0, 0.05) is 6.04 Å². The molecule has 0 spiro atoms. The molecule has 6 heteroatoms. The zero-order valence-electron chi connectivity index (χ0n) is 12.2. The van der Waals surface area contributed by atoms with E-state index in [4.69, 9.17) is 0 Å². The fourth-order valence-electron chi connectivity index (χ4n) is 3.13. The third-order valence-electron chi connectivity index (χ3n) is 4.31. The Balaban J connectivity index is 1.91. The highest BCUT2D eigenvalue weighted by Crippen LogP contribution is 2.31. The fourth-order valence-corrected chi connectivity index (χ4v) is 4.84. The first-order chi connectivity index (χ1) is 9.87. The van der Waals surface area contributed by atoms with E-state index in [-0.39, 0.29) is 35.7 Å². The summed E-state index contributed by atoms with van der Waals surface area (Å²) in [7, 11) is -3.01. The van der Waals surface area contributed by atoms with E-state index >= 15 is 0 Å². The summed E-state index contributed by atoms with van der Waals surface area (Å²) >= 11 is 0. The Hall–Kier alpha value is -1.40. The molecule has 2 aliphatic rings. The first kappa shape index (κ1) is 14.5. The van der Waals surface area contributed by atoms with Crippen LogP contribution in [0.5, 0.6) is 0 Å². The van der Waals surface area contributed by atoms with E-state index in [9.17, 15) is 13.2 Å². The number of sulfone groups is 1. The van der Waals surface area contributed by atoms with Crippen molar-refractivity contribution in [3.8, 4) is 0 Å². The number of nitrogens with zero attached hydrogens (tertiary/aromatic N) is 1. The quantitative estimate of drug-likeness (QED) is 0.885. The monoisotopic (exact) mass is 308 g/mol. The largest absolute Gasteiger partial charge is 0.318 e. The highest BCUT2D eigenvalue weighted by molar-refractivity contribution is 7.91. The van der Waals surface area contributed by atoms with Crippen LogP contribution in [0.4, 0.5) is 0 Å². The Labute approximate surface area is 125 Å². The molecule has 1 aromatic rings. The van der Waals surface area contributed by atoms with Crippen LogP contribution >= 0.6 is 0 Å². The smallest absolute Gasteiger partial charge is 0.241 e. The van der Waals surface area contributed by atoms with Gasteiger partial charge in [0.25, 0.3) is 0 Å². The number of aryl methyl sites for hydroxylation is 1. The van der Waals surface area contributed by atoms with E-state index in [0.29, 0.717) is 6.42 Å². The van der Waals surface area contributed by atoms with Crippen LogP contribution in [0.3, 0.4) is 0 Å². The first-order valence-corrected chi connectivity index (χ1v) is 9.05. The third-order valence-corrected chi connectivity index (χ3v) is 6.06. The first-order valence-electron chi connectivity index (χ1n) is 7.22. The predicted molar refractivity (Wildman–Crippen MR) is 80.4 cm³/mol. The maximum absolute atomic E-state index is 12.4. The van der Waals surface area contributed by atoms with Gasteiger partial charge in [-0.2, -0.15) is 0 Å². The van der Waals surface area contributed by atoms with Gasteiger partial charge in [0.1, 0.15) is 6.17 Å². The van der Waals surface area contributed by atoms with Crippen molar-refractivity contribution in [2.45, 2.75) is 38.5 Å². The molecular formula is C15H20N2O3S. The minimum absolute atomic E-state index is 0.0114. The highest BCUT2D eigenvalue weighted by Gasteiger charge is 2.44. The highest BCUT2D eigenvalue weighted by atomic mass is 32.2. The van der Waals surface area contributed by atoms with Crippen molar-refractivity contribution in [1.29, 1.82) is 0 Å². The number of rotatable bonds is 2. The molecule has 1 amide bonds. The summed E-state index contributed by atoms with van der Waals surface area (Å²) in [6.07, 6.45) is 0.302. The van der Waals surface area contributed by atoms with Gasteiger partial charge < -0.3 is 4.90 Å². The van der Waals surface area contributed by atoms with Gasteiger partial charge in [0.15, 0.2) is 9.84 Å². The fraction of sp³-hybridized carbons (Fsp3) is 0.533. The summed E-state index contributed by atoms with van der Waals surface area (Å²) in [6, 6.07) is 7.51. The van der Waals surface area contributed by atoms with Gasteiger partial charge in [-0.05, 0) is 25.8 Å². The minimum atomic E-state index is -3.01. The average molecular weight is 308 g/mol. The SMILES string of the molecule is Cc1ccc(C2NC(C)C(=O)N2C2CCS(=O)(=O)C2)cc1. The van der Waals surface area contributed by atoms with E-state index in [0.717, 1.165) is 11.1 Å². The molecular weight excluding hydrogens is 288 g/mol. The molecule has 0 bridgehead atoms. The summed E-state index contributed by atoms with van der Waals surface area (Å²) in [5, 5.41) is 3.28. The number of nitrogens with one attached hydrogen (secondary N) is 1. The number of carbonyl (C=O) groups excluding carboxylic acids is 1. The average Bonchev–Trinajstić information content (AvgIpc) is 2.91. The molecule has 2 fully saturated rings. The molecule has 114 valence electrons. The molecule has 0 radical (unpaired) electrons. The number of benzene rings is 1. The summed E-state index contributed by atoms with van der Waals surface area (Å²) in [5.74, 6) is 0.244. The van der Waals surface area contributed by atoms with Gasteiger partial charge >= 0.3 is 0 Å². The molecule has 0 aliphatic carbocycles. The zero-order valence-corrected chi connectivity index (χ0v) is 13.1. The number of hydrogen-bond donors (Lipinski definition) is 1. The summed E-state index contributed by atoms with van der Waals surface area (Å²) in [5.41, 5.74) is 2.16. The molecule has 3 rings (SSSR count). The molecule has 2 aliphatic heterocycles. The predicted octanol–water partition coefficient (Wildman–Crippen LogP) is 1.00. The molecule has 5 nitrogen and oxygen atoms in total. The second-order valence-electron chi connectivity index (χ2n) is 6.00. The summed E-state index contributed by atoms with van der Waals surface area (Å²) in [4.78, 5) is 14.2. The standard InChI is InChI=1S/C15H20N2O3S/c1-10-3-5-12(6-4-10)14-16-11(2)15(18)17(14)13-7-8-21(19,20)9-13/h3-6,11,13-14,16H,7-9H2,1-2H3. The zero-order chi connectivity index (χ0) is 15.2. The summed E-state index contributed by atoms with van der Waals surface area (Å²) < 4.78 is 23.4. The maximum Gasteiger partial charge on any atom is 0.241 e. The van der Waals surface area contributed by atoms with Gasteiger partial charge in [-0.3, -0.25) is 10.1 Å². The van der Waals surface area contributed by atoms with Crippen molar-refractivity contribution in [3.05, 3.63) is 35.4 Å². The normalized spacial score (nSPS) is 31.8. The molecule has 3 atom stereocenters. The molecule has 0 aromatic heterocycles. The Morgan fingerprint density at radius 2 is 1.90 bits per heavy atom. The van der Waals surface area contributed by atoms with Crippen LogP contribution in [-0.4, -0.2) is 42.8 Å². The van der Waals surface area contributed by atoms with Crippen molar-refractivity contribution in [1.82, 2.24) is 10.2 Å². The topological polar surface area (TPSA) is 66.5 Å². The van der Waals surface area contributed by atoms with E-state index in [1.807, 2.05) is 38.1 Å². The molecule has 21 heavy (non-hydrogen) atoms. The third kappa shape index (κ3) is 2.70. The lowest BCUT2D eigenvalue weighted by Gasteiger charge is -2.29. The Bertz CT molecular complexity index is 654. The van der Waals surface area contributed by atoms with Crippen molar-refractivity contribution in [3.63, 3.8) is 0 Å². The number of amides is 1. The van der Waals surface area contributed by atoms with Gasteiger partial charge in [-0.15, -0.1) is 0 Å². The lowest BCUT2D eigenvalue weighted by molar-refractivity contribution is -0.131. The van der Waals surface area contributed by atoms with E-state index < -0.39 is 9.84 Å². The number of hydrogen-bond acceptors (Lipinski definition) is 4. The number of carbonyl (C=O) groups is 1. The summed E-state index contributed by atoms with van der Waals surface area (Å²) in [6.45, 7) is 3.84. The lowest BCUT2D eigenvalue weighted by Crippen LogP contribution is -2.40. The van der Waals surface area contributed by atoms with Crippen LogP contribution < -0.4 is 5.32 Å². The van der Waals surface area contributed by atoms with Crippen molar-refractivity contribution in [2.24, 2.45) is 0 Å². The molecule has 0 saturated carbocycles. The second-order valence-corrected chi connectivity index (χ2v) is 8.23. The molecule has 2 saturated heterocycles. The Kier molecular flexibility index (Phi) is 3.53. The molecule has 1 aromatic carbocycles. The van der Waals surface area contributed by atoms with Crippen molar-refractivity contribution < 1.29 is 13.2 Å². The second kappa shape index (κ2) is 5.10. The van der Waals surface area contributed by atoms with E-state index in [1.54, 1.807) is 4.90 Å². The van der Waals surface area contributed by atoms with Gasteiger partial charge in [0.05, 0.1) is 17.5 Å². The molecule has 1 N–H and O–H groups in total. The Morgan fingerprint density at radius 3 is 2.48 bits per heavy atom. The van der Waals surface area contributed by atoms with Crippen molar-refractivity contribution >= 4 is 15.7 Å². The van der Waals surface area contributed by atoms with Gasteiger partial charge in [0.2, 0.25) is 5.91 Å². The van der Waals surface area contributed by atoms with Crippen LogP contribution in [-0.2, 0) is 14.6 Å². The van der Waals surface area contributed by atoms with E-state index in [1.165, 1.54) is 0 Å².